The van der Waals surface area contributed by atoms with Crippen molar-refractivity contribution in [3.05, 3.63) is 11.6 Å². The molecule has 0 aliphatic carbocycles. The molecule has 0 aromatic carbocycles. The van der Waals surface area contributed by atoms with Crippen molar-refractivity contribution < 1.29 is 4.79 Å². The highest BCUT2D eigenvalue weighted by Crippen LogP contribution is 1.96. The smallest absolute Gasteiger partial charge is 0.290 e. The monoisotopic (exact) mass is 220 g/mol. The Morgan fingerprint density at radius 2 is 2.38 bits per heavy atom. The molecule has 1 amide bonds. The Morgan fingerprint density at radius 1 is 1.56 bits per heavy atom. The summed E-state index contributed by atoms with van der Waals surface area (Å²) in [5.41, 5.74) is 0. The zero-order valence-corrected chi connectivity index (χ0v) is 9.63. The van der Waals surface area contributed by atoms with Crippen LogP contribution in [0.2, 0.25) is 0 Å². The highest BCUT2D eigenvalue weighted by molar-refractivity contribution is 5.90. The van der Waals surface area contributed by atoms with Crippen molar-refractivity contribution in [1.82, 2.24) is 20.5 Å². The molecule has 0 aliphatic rings. The Hall–Kier alpha value is -1.83. The first-order valence-corrected chi connectivity index (χ1v) is 5.37. The van der Waals surface area contributed by atoms with Crippen molar-refractivity contribution in [1.29, 1.82) is 0 Å². The Bertz CT molecular complexity index is 400. The Balaban J connectivity index is 2.42. The molecule has 0 spiro atoms. The van der Waals surface area contributed by atoms with Crippen molar-refractivity contribution in [3.63, 3.8) is 0 Å². The summed E-state index contributed by atoms with van der Waals surface area (Å²) in [6.45, 7) is 4.34. The Kier molecular flexibility index (Phi) is 5.06. The van der Waals surface area contributed by atoms with E-state index >= 15 is 0 Å². The lowest BCUT2D eigenvalue weighted by atomic mass is 10.3. The number of hydrogen-bond acceptors (Lipinski definition) is 3. The molecule has 0 saturated carbocycles. The highest BCUT2D eigenvalue weighted by Gasteiger charge is 2.10. The van der Waals surface area contributed by atoms with Gasteiger partial charge in [0.15, 0.2) is 0 Å². The molecule has 0 bridgehead atoms. The van der Waals surface area contributed by atoms with Gasteiger partial charge in [0.05, 0.1) is 0 Å². The van der Waals surface area contributed by atoms with Crippen molar-refractivity contribution in [3.8, 4) is 11.8 Å². The number of nitrogens with one attached hydrogen (secondary N) is 2. The van der Waals surface area contributed by atoms with Gasteiger partial charge in [-0.15, -0.1) is 16.9 Å². The first-order chi connectivity index (χ1) is 7.77. The third-order valence-electron chi connectivity index (χ3n) is 1.93. The molecular formula is C11H16N4O. The fraction of sp³-hybridized carbons (Fsp3) is 0.545. The summed E-state index contributed by atoms with van der Waals surface area (Å²) in [5.74, 6) is 6.33. The summed E-state index contributed by atoms with van der Waals surface area (Å²) >= 11 is 0. The molecule has 0 aliphatic heterocycles. The van der Waals surface area contributed by atoms with Crippen LogP contribution in [0.1, 0.15) is 43.1 Å². The first-order valence-electron chi connectivity index (χ1n) is 5.37. The van der Waals surface area contributed by atoms with Crippen LogP contribution < -0.4 is 5.32 Å². The van der Waals surface area contributed by atoms with E-state index in [0.717, 1.165) is 18.7 Å². The van der Waals surface area contributed by atoms with E-state index in [4.69, 9.17) is 0 Å². The van der Waals surface area contributed by atoms with Crippen LogP contribution in [-0.4, -0.2) is 27.6 Å². The van der Waals surface area contributed by atoms with E-state index < -0.39 is 0 Å². The van der Waals surface area contributed by atoms with Crippen LogP contribution in [0.4, 0.5) is 0 Å². The molecule has 1 aromatic rings. The van der Waals surface area contributed by atoms with Gasteiger partial charge in [-0.3, -0.25) is 9.89 Å². The summed E-state index contributed by atoms with van der Waals surface area (Å²) in [6.07, 6.45) is 2.43. The van der Waals surface area contributed by atoms with E-state index in [1.807, 2.05) is 6.92 Å². The van der Waals surface area contributed by atoms with Gasteiger partial charge in [-0.05, 0) is 13.3 Å². The van der Waals surface area contributed by atoms with Gasteiger partial charge in [-0.2, -0.15) is 0 Å². The summed E-state index contributed by atoms with van der Waals surface area (Å²) in [6, 6.07) is 0. The van der Waals surface area contributed by atoms with E-state index in [1.54, 1.807) is 6.92 Å². The number of carbonyl (C=O) groups is 1. The van der Waals surface area contributed by atoms with Crippen molar-refractivity contribution in [2.24, 2.45) is 0 Å². The van der Waals surface area contributed by atoms with Crippen molar-refractivity contribution in [2.45, 2.75) is 33.1 Å². The zero-order valence-electron chi connectivity index (χ0n) is 9.63. The lowest BCUT2D eigenvalue weighted by Crippen LogP contribution is -2.25. The first kappa shape index (κ1) is 12.2. The van der Waals surface area contributed by atoms with Gasteiger partial charge >= 0.3 is 0 Å². The van der Waals surface area contributed by atoms with E-state index in [1.165, 1.54) is 0 Å². The van der Waals surface area contributed by atoms with Gasteiger partial charge < -0.3 is 5.32 Å². The average Bonchev–Trinajstić information content (AvgIpc) is 2.73. The SMILES string of the molecule is CC#CCCNC(=O)c1n[nH]c(CCC)n1. The number of aryl methyl sites for hydroxylation is 1. The number of hydrogen-bond donors (Lipinski definition) is 2. The molecule has 0 atom stereocenters. The molecule has 1 aromatic heterocycles. The van der Waals surface area contributed by atoms with Crippen LogP contribution in [-0.2, 0) is 6.42 Å². The maximum absolute atomic E-state index is 11.5. The minimum Gasteiger partial charge on any atom is -0.348 e. The Labute approximate surface area is 95.0 Å². The van der Waals surface area contributed by atoms with E-state index in [0.29, 0.717) is 13.0 Å². The minimum atomic E-state index is -0.253. The van der Waals surface area contributed by atoms with E-state index in [9.17, 15) is 4.79 Å². The largest absolute Gasteiger partial charge is 0.348 e. The second-order valence-electron chi connectivity index (χ2n) is 3.29. The van der Waals surface area contributed by atoms with Crippen LogP contribution in [0.25, 0.3) is 0 Å². The summed E-state index contributed by atoms with van der Waals surface area (Å²) < 4.78 is 0. The molecule has 0 saturated heterocycles. The molecule has 0 fully saturated rings. The Morgan fingerprint density at radius 3 is 3.06 bits per heavy atom. The molecule has 16 heavy (non-hydrogen) atoms. The summed E-state index contributed by atoms with van der Waals surface area (Å²) in [7, 11) is 0. The standard InChI is InChI=1S/C11H16N4O/c1-3-5-6-8-12-11(16)10-13-9(7-4-2)14-15-10/h4,6-8H2,1-2H3,(H,12,16)(H,13,14,15). The van der Waals surface area contributed by atoms with Crippen molar-refractivity contribution >= 4 is 5.91 Å². The lowest BCUT2D eigenvalue weighted by molar-refractivity contribution is 0.0944. The predicted octanol–water partition coefficient (Wildman–Crippen LogP) is 0.900. The normalized spacial score (nSPS) is 9.38. The minimum absolute atomic E-state index is 0.202. The molecule has 5 heteroatoms. The second kappa shape index (κ2) is 6.62. The van der Waals surface area contributed by atoms with Crippen LogP contribution in [0, 0.1) is 11.8 Å². The highest BCUT2D eigenvalue weighted by atomic mass is 16.2. The number of nitrogens with zero attached hydrogens (tertiary/aromatic N) is 2. The number of aromatic nitrogens is 3. The third-order valence-corrected chi connectivity index (χ3v) is 1.93. The van der Waals surface area contributed by atoms with Crippen LogP contribution in [0.3, 0.4) is 0 Å². The van der Waals surface area contributed by atoms with Gasteiger partial charge in [0.25, 0.3) is 5.91 Å². The van der Waals surface area contributed by atoms with Crippen LogP contribution >= 0.6 is 0 Å². The van der Waals surface area contributed by atoms with Crippen LogP contribution in [0.15, 0.2) is 0 Å². The number of aromatic amines is 1. The van der Waals surface area contributed by atoms with Gasteiger partial charge in [0, 0.05) is 19.4 Å². The maximum atomic E-state index is 11.5. The molecule has 5 nitrogen and oxygen atoms in total. The molecular weight excluding hydrogens is 204 g/mol. The number of H-pyrrole nitrogens is 1. The van der Waals surface area contributed by atoms with Crippen molar-refractivity contribution in [2.75, 3.05) is 6.54 Å². The maximum Gasteiger partial charge on any atom is 0.290 e. The third kappa shape index (κ3) is 3.73. The summed E-state index contributed by atoms with van der Waals surface area (Å²) in [4.78, 5) is 15.6. The molecule has 2 N–H and O–H groups in total. The lowest BCUT2D eigenvalue weighted by Gasteiger charge is -1.97. The second-order valence-corrected chi connectivity index (χ2v) is 3.29. The van der Waals surface area contributed by atoms with E-state index in [-0.39, 0.29) is 11.7 Å². The van der Waals surface area contributed by atoms with Crippen LogP contribution in [0.5, 0.6) is 0 Å². The fourth-order valence-electron chi connectivity index (χ4n) is 1.19. The van der Waals surface area contributed by atoms with Gasteiger partial charge in [-0.25, -0.2) is 4.98 Å². The van der Waals surface area contributed by atoms with Gasteiger partial charge in [-0.1, -0.05) is 6.92 Å². The number of carbonyl (C=O) groups excluding carboxylic acids is 1. The molecule has 1 rings (SSSR count). The summed E-state index contributed by atoms with van der Waals surface area (Å²) in [5, 5.41) is 9.29. The predicted molar refractivity (Wildman–Crippen MR) is 60.8 cm³/mol. The molecule has 1 heterocycles. The van der Waals surface area contributed by atoms with Gasteiger partial charge in [0.2, 0.25) is 5.82 Å². The number of rotatable bonds is 5. The zero-order chi connectivity index (χ0) is 11.8. The fourth-order valence-corrected chi connectivity index (χ4v) is 1.19. The molecule has 0 radical (unpaired) electrons. The quantitative estimate of drug-likeness (QED) is 0.572. The average molecular weight is 220 g/mol. The molecule has 86 valence electrons. The van der Waals surface area contributed by atoms with E-state index in [2.05, 4.69) is 32.3 Å². The van der Waals surface area contributed by atoms with Gasteiger partial charge in [0.1, 0.15) is 5.82 Å². The topological polar surface area (TPSA) is 70.7 Å². The molecule has 0 unspecified atom stereocenters. The number of amides is 1.